The fourth-order valence-corrected chi connectivity index (χ4v) is 3.36. The Balaban J connectivity index is 1.58. The van der Waals surface area contributed by atoms with Crippen molar-refractivity contribution in [2.45, 2.75) is 37.1 Å². The molecule has 1 N–H and O–H groups in total. The third-order valence-corrected chi connectivity index (χ3v) is 4.98. The van der Waals surface area contributed by atoms with Gasteiger partial charge in [0, 0.05) is 25.8 Å². The second-order valence-corrected chi connectivity index (χ2v) is 6.98. The number of aromatic nitrogens is 4. The van der Waals surface area contributed by atoms with Crippen LogP contribution < -0.4 is 4.72 Å². The first-order valence-corrected chi connectivity index (χ1v) is 8.62. The Morgan fingerprint density at radius 3 is 2.95 bits per heavy atom. The van der Waals surface area contributed by atoms with Gasteiger partial charge >= 0.3 is 0 Å². The first-order chi connectivity index (χ1) is 10.6. The minimum Gasteiger partial charge on any atom is -0.362 e. The highest BCUT2D eigenvalue weighted by molar-refractivity contribution is 7.89. The zero-order valence-electron chi connectivity index (χ0n) is 12.3. The molecule has 2 aromatic rings. The van der Waals surface area contributed by atoms with Crippen LogP contribution in [0.3, 0.4) is 0 Å². The SMILES string of the molecule is COCn1nccc1S(=O)(=O)NCCn1ccc(C2CC2)n1. The summed E-state index contributed by atoms with van der Waals surface area (Å²) in [6, 6.07) is 3.44. The number of hydrogen-bond donors (Lipinski definition) is 1. The summed E-state index contributed by atoms with van der Waals surface area (Å²) < 4.78 is 35.0. The van der Waals surface area contributed by atoms with E-state index in [4.69, 9.17) is 4.74 Å². The van der Waals surface area contributed by atoms with Crippen LogP contribution in [0.1, 0.15) is 24.5 Å². The molecule has 0 radical (unpaired) electrons. The van der Waals surface area contributed by atoms with Crippen molar-refractivity contribution >= 4 is 10.0 Å². The summed E-state index contributed by atoms with van der Waals surface area (Å²) in [6.45, 7) is 0.851. The Hall–Kier alpha value is -1.71. The molecular weight excluding hydrogens is 306 g/mol. The minimum atomic E-state index is -3.61. The van der Waals surface area contributed by atoms with E-state index in [2.05, 4.69) is 14.9 Å². The Bertz CT molecular complexity index is 732. The van der Waals surface area contributed by atoms with Gasteiger partial charge in [-0.1, -0.05) is 0 Å². The van der Waals surface area contributed by atoms with Crippen LogP contribution >= 0.6 is 0 Å². The maximum absolute atomic E-state index is 12.2. The second-order valence-electron chi connectivity index (χ2n) is 5.26. The molecule has 9 heteroatoms. The first kappa shape index (κ1) is 15.2. The molecule has 2 heterocycles. The number of methoxy groups -OCH3 is 1. The van der Waals surface area contributed by atoms with Gasteiger partial charge in [0.15, 0.2) is 5.03 Å². The van der Waals surface area contributed by atoms with Gasteiger partial charge in [-0.2, -0.15) is 10.2 Å². The fourth-order valence-electron chi connectivity index (χ4n) is 2.24. The molecule has 1 saturated carbocycles. The molecule has 0 atom stereocenters. The monoisotopic (exact) mass is 325 g/mol. The molecule has 1 aliphatic rings. The summed E-state index contributed by atoms with van der Waals surface area (Å²) in [6.07, 6.45) is 5.72. The van der Waals surface area contributed by atoms with E-state index in [-0.39, 0.29) is 18.3 Å². The molecule has 0 saturated heterocycles. The molecule has 0 spiro atoms. The van der Waals surface area contributed by atoms with Gasteiger partial charge in [-0.3, -0.25) is 4.68 Å². The molecule has 2 aromatic heterocycles. The van der Waals surface area contributed by atoms with E-state index >= 15 is 0 Å². The maximum Gasteiger partial charge on any atom is 0.257 e. The van der Waals surface area contributed by atoms with E-state index in [1.165, 1.54) is 36.9 Å². The van der Waals surface area contributed by atoms with Crippen LogP contribution in [0.25, 0.3) is 0 Å². The largest absolute Gasteiger partial charge is 0.362 e. The van der Waals surface area contributed by atoms with Crippen LogP contribution in [0.4, 0.5) is 0 Å². The highest BCUT2D eigenvalue weighted by Gasteiger charge is 2.25. The average Bonchev–Trinajstić information content (AvgIpc) is 3.03. The fraction of sp³-hybridized carbons (Fsp3) is 0.538. The van der Waals surface area contributed by atoms with Crippen molar-refractivity contribution in [3.63, 3.8) is 0 Å². The zero-order valence-corrected chi connectivity index (χ0v) is 13.2. The van der Waals surface area contributed by atoms with Crippen LogP contribution in [-0.4, -0.2) is 41.6 Å². The Kier molecular flexibility index (Phi) is 4.27. The van der Waals surface area contributed by atoms with Crippen molar-refractivity contribution in [2.75, 3.05) is 13.7 Å². The van der Waals surface area contributed by atoms with Crippen molar-refractivity contribution in [3.8, 4) is 0 Å². The predicted molar refractivity (Wildman–Crippen MR) is 78.6 cm³/mol. The van der Waals surface area contributed by atoms with Crippen LogP contribution in [0.15, 0.2) is 29.6 Å². The number of ether oxygens (including phenoxy) is 1. The molecule has 1 aliphatic carbocycles. The highest BCUT2D eigenvalue weighted by Crippen LogP contribution is 2.38. The van der Waals surface area contributed by atoms with Crippen LogP contribution in [0.5, 0.6) is 0 Å². The third-order valence-electron chi connectivity index (χ3n) is 3.49. The van der Waals surface area contributed by atoms with Gasteiger partial charge in [-0.25, -0.2) is 17.8 Å². The van der Waals surface area contributed by atoms with E-state index in [0.717, 1.165) is 5.69 Å². The van der Waals surface area contributed by atoms with Gasteiger partial charge in [-0.05, 0) is 25.0 Å². The number of nitrogens with one attached hydrogen (secondary N) is 1. The molecule has 0 aromatic carbocycles. The topological polar surface area (TPSA) is 91.0 Å². The first-order valence-electron chi connectivity index (χ1n) is 7.14. The summed E-state index contributed by atoms with van der Waals surface area (Å²) in [7, 11) is -2.12. The van der Waals surface area contributed by atoms with Gasteiger partial charge < -0.3 is 4.74 Å². The third kappa shape index (κ3) is 3.37. The lowest BCUT2D eigenvalue weighted by Gasteiger charge is -2.09. The molecular formula is C13H19N5O3S. The number of rotatable bonds is 8. The van der Waals surface area contributed by atoms with Gasteiger partial charge in [0.05, 0.1) is 18.4 Å². The molecule has 0 unspecified atom stereocenters. The van der Waals surface area contributed by atoms with E-state index in [0.29, 0.717) is 12.5 Å². The Morgan fingerprint density at radius 1 is 1.41 bits per heavy atom. The molecule has 3 rings (SSSR count). The molecule has 0 bridgehead atoms. The van der Waals surface area contributed by atoms with E-state index in [1.54, 1.807) is 4.68 Å². The normalized spacial score (nSPS) is 15.3. The smallest absolute Gasteiger partial charge is 0.257 e. The summed E-state index contributed by atoms with van der Waals surface area (Å²) in [5.41, 5.74) is 1.10. The maximum atomic E-state index is 12.2. The van der Waals surface area contributed by atoms with E-state index in [9.17, 15) is 8.42 Å². The molecule has 22 heavy (non-hydrogen) atoms. The summed E-state index contributed by atoms with van der Waals surface area (Å²) >= 11 is 0. The minimum absolute atomic E-state index is 0.0904. The van der Waals surface area contributed by atoms with Crippen LogP contribution in [0, 0.1) is 0 Å². The summed E-state index contributed by atoms with van der Waals surface area (Å²) in [4.78, 5) is 0. The number of hydrogen-bond acceptors (Lipinski definition) is 5. The van der Waals surface area contributed by atoms with Crippen molar-refractivity contribution in [1.82, 2.24) is 24.3 Å². The van der Waals surface area contributed by atoms with Crippen molar-refractivity contribution in [1.29, 1.82) is 0 Å². The van der Waals surface area contributed by atoms with Crippen molar-refractivity contribution in [2.24, 2.45) is 0 Å². The molecule has 1 fully saturated rings. The van der Waals surface area contributed by atoms with Crippen LogP contribution in [0.2, 0.25) is 0 Å². The second kappa shape index (κ2) is 6.19. The predicted octanol–water partition coefficient (Wildman–Crippen LogP) is 0.539. The quantitative estimate of drug-likeness (QED) is 0.765. The standard InChI is InChI=1S/C13H19N5O3S/c1-21-10-18-13(4-6-14-18)22(19,20)15-7-9-17-8-5-12(16-17)11-2-3-11/h4-6,8,11,15H,2-3,7,9-10H2,1H3. The average molecular weight is 325 g/mol. The van der Waals surface area contributed by atoms with E-state index in [1.807, 2.05) is 12.3 Å². The molecule has 0 aliphatic heterocycles. The summed E-state index contributed by atoms with van der Waals surface area (Å²) in [5, 5.41) is 8.46. The Labute approximate surface area is 129 Å². The Morgan fingerprint density at radius 2 is 2.23 bits per heavy atom. The van der Waals surface area contributed by atoms with Gasteiger partial charge in [0.1, 0.15) is 6.73 Å². The number of sulfonamides is 1. The van der Waals surface area contributed by atoms with Gasteiger partial charge in [0.2, 0.25) is 0 Å². The van der Waals surface area contributed by atoms with E-state index < -0.39 is 10.0 Å². The lowest BCUT2D eigenvalue weighted by atomic mass is 10.3. The van der Waals surface area contributed by atoms with Gasteiger partial charge in [-0.15, -0.1) is 0 Å². The lowest BCUT2D eigenvalue weighted by Crippen LogP contribution is -2.29. The van der Waals surface area contributed by atoms with Crippen molar-refractivity contribution < 1.29 is 13.2 Å². The molecule has 8 nitrogen and oxygen atoms in total. The highest BCUT2D eigenvalue weighted by atomic mass is 32.2. The lowest BCUT2D eigenvalue weighted by molar-refractivity contribution is 0.112. The van der Waals surface area contributed by atoms with Gasteiger partial charge in [0.25, 0.3) is 10.0 Å². The molecule has 120 valence electrons. The van der Waals surface area contributed by atoms with Crippen LogP contribution in [-0.2, 0) is 28.0 Å². The summed E-state index contributed by atoms with van der Waals surface area (Å²) in [5.74, 6) is 0.598. The van der Waals surface area contributed by atoms with Crippen molar-refractivity contribution in [3.05, 3.63) is 30.2 Å². The molecule has 0 amide bonds. The zero-order chi connectivity index (χ0) is 15.6. The number of nitrogens with zero attached hydrogens (tertiary/aromatic N) is 4.